The van der Waals surface area contributed by atoms with Gasteiger partial charge in [0.2, 0.25) is 0 Å². The Hall–Kier alpha value is -1.51. The van der Waals surface area contributed by atoms with Gasteiger partial charge < -0.3 is 10.0 Å². The van der Waals surface area contributed by atoms with Gasteiger partial charge in [0.1, 0.15) is 5.75 Å². The van der Waals surface area contributed by atoms with Crippen molar-refractivity contribution in [2.75, 3.05) is 14.1 Å². The molecule has 0 radical (unpaired) electrons. The van der Waals surface area contributed by atoms with E-state index < -0.39 is 0 Å². The first-order valence-electron chi connectivity index (χ1n) is 7.28. The molecule has 0 saturated heterocycles. The summed E-state index contributed by atoms with van der Waals surface area (Å²) >= 11 is 6.16. The van der Waals surface area contributed by atoms with Gasteiger partial charge in [-0.15, -0.1) is 0 Å². The first-order valence-corrected chi connectivity index (χ1v) is 7.66. The Labute approximate surface area is 131 Å². The van der Waals surface area contributed by atoms with E-state index in [1.165, 1.54) is 16.7 Å². The molecule has 0 aromatic heterocycles. The molecule has 1 N–H and O–H groups in total. The normalized spacial score (nSPS) is 21.3. The van der Waals surface area contributed by atoms with Gasteiger partial charge in [-0.2, -0.15) is 0 Å². The van der Waals surface area contributed by atoms with Crippen LogP contribution < -0.4 is 0 Å². The van der Waals surface area contributed by atoms with Gasteiger partial charge >= 0.3 is 0 Å². The van der Waals surface area contributed by atoms with Crippen LogP contribution in [0.5, 0.6) is 5.75 Å². The number of hydrogen-bond donors (Lipinski definition) is 1. The molecular weight excluding hydrogens is 282 g/mol. The molecule has 2 nitrogen and oxygen atoms in total. The summed E-state index contributed by atoms with van der Waals surface area (Å²) in [4.78, 5) is 2.29. The summed E-state index contributed by atoms with van der Waals surface area (Å²) in [5, 5.41) is 10.6. The highest BCUT2D eigenvalue weighted by atomic mass is 35.5. The number of benzene rings is 2. The molecule has 1 aliphatic rings. The van der Waals surface area contributed by atoms with Gasteiger partial charge in [0.05, 0.1) is 0 Å². The number of likely N-dealkylation sites (N-methyl/N-ethyl adjacent to an activating group) is 1. The van der Waals surface area contributed by atoms with Crippen LogP contribution in [0.4, 0.5) is 0 Å². The number of rotatable bonds is 2. The number of aromatic hydroxyl groups is 1. The number of halogens is 1. The van der Waals surface area contributed by atoms with E-state index >= 15 is 0 Å². The lowest BCUT2D eigenvalue weighted by Crippen LogP contribution is -2.35. The Morgan fingerprint density at radius 1 is 1.14 bits per heavy atom. The van der Waals surface area contributed by atoms with E-state index in [1.54, 1.807) is 6.07 Å². The van der Waals surface area contributed by atoms with Crippen LogP contribution >= 0.6 is 11.6 Å². The van der Waals surface area contributed by atoms with Crippen LogP contribution in [0, 0.1) is 0 Å². The Kier molecular flexibility index (Phi) is 3.92. The maximum absolute atomic E-state index is 9.85. The fraction of sp³-hybridized carbons (Fsp3) is 0.333. The number of nitrogens with zero attached hydrogens (tertiary/aromatic N) is 1. The number of fused-ring (bicyclic) bond motifs is 1. The highest BCUT2D eigenvalue weighted by Crippen LogP contribution is 2.39. The molecule has 0 aliphatic heterocycles. The average molecular weight is 302 g/mol. The fourth-order valence-corrected chi connectivity index (χ4v) is 3.46. The lowest BCUT2D eigenvalue weighted by Gasteiger charge is -2.35. The summed E-state index contributed by atoms with van der Waals surface area (Å²) in [6.45, 7) is 0. The van der Waals surface area contributed by atoms with Crippen molar-refractivity contribution in [2.24, 2.45) is 0 Å². The molecule has 0 bridgehead atoms. The monoisotopic (exact) mass is 301 g/mol. The number of hydrogen-bond acceptors (Lipinski definition) is 2. The summed E-state index contributed by atoms with van der Waals surface area (Å²) in [5.41, 5.74) is 3.78. The molecule has 0 heterocycles. The van der Waals surface area contributed by atoms with E-state index in [1.807, 2.05) is 24.3 Å². The third-order valence-electron chi connectivity index (χ3n) is 4.45. The van der Waals surface area contributed by atoms with Crippen molar-refractivity contribution >= 4 is 11.6 Å². The van der Waals surface area contributed by atoms with Gasteiger partial charge in [-0.05, 0) is 67.9 Å². The van der Waals surface area contributed by atoms with Crippen LogP contribution in [0.25, 0.3) is 0 Å². The Morgan fingerprint density at radius 2 is 1.95 bits per heavy atom. The Balaban J connectivity index is 2.08. The average Bonchev–Trinajstić information content (AvgIpc) is 2.46. The van der Waals surface area contributed by atoms with Crippen LogP contribution in [0.15, 0.2) is 42.5 Å². The third kappa shape index (κ3) is 2.92. The van der Waals surface area contributed by atoms with Crippen molar-refractivity contribution in [3.05, 3.63) is 64.2 Å². The van der Waals surface area contributed by atoms with Crippen LogP contribution in [-0.2, 0) is 6.42 Å². The largest absolute Gasteiger partial charge is 0.508 e. The molecule has 3 rings (SSSR count). The zero-order chi connectivity index (χ0) is 15.0. The van der Waals surface area contributed by atoms with E-state index in [9.17, 15) is 5.11 Å². The molecule has 0 unspecified atom stereocenters. The summed E-state index contributed by atoms with van der Waals surface area (Å²) in [6, 6.07) is 14.3. The quantitative estimate of drug-likeness (QED) is 0.904. The second-order valence-electron chi connectivity index (χ2n) is 6.05. The highest BCUT2D eigenvalue weighted by molar-refractivity contribution is 6.30. The van der Waals surface area contributed by atoms with Crippen molar-refractivity contribution in [3.63, 3.8) is 0 Å². The van der Waals surface area contributed by atoms with Gasteiger partial charge in [0.25, 0.3) is 0 Å². The van der Waals surface area contributed by atoms with Gasteiger partial charge in [-0.1, -0.05) is 29.8 Å². The standard InChI is InChI=1S/C18H20ClNO/c1-20(2)15-9-13-6-7-16(21)11-18(13)17(10-15)12-4-3-5-14(19)8-12/h3-8,11,15,17,21H,9-10H2,1-2H3/t15-,17-/m1/s1. The fourth-order valence-electron chi connectivity index (χ4n) is 3.26. The minimum Gasteiger partial charge on any atom is -0.508 e. The van der Waals surface area contributed by atoms with E-state index in [4.69, 9.17) is 11.6 Å². The van der Waals surface area contributed by atoms with E-state index in [-0.39, 0.29) is 5.92 Å². The lowest BCUT2D eigenvalue weighted by atomic mass is 9.76. The number of phenolic OH excluding ortho intramolecular Hbond substituents is 1. The topological polar surface area (TPSA) is 23.5 Å². The van der Waals surface area contributed by atoms with E-state index in [0.29, 0.717) is 11.8 Å². The maximum atomic E-state index is 9.85. The molecule has 110 valence electrons. The van der Waals surface area contributed by atoms with E-state index in [0.717, 1.165) is 17.9 Å². The molecule has 0 spiro atoms. The molecule has 0 saturated carbocycles. The molecule has 3 heteroatoms. The minimum atomic E-state index is 0.284. The second kappa shape index (κ2) is 5.70. The maximum Gasteiger partial charge on any atom is 0.115 e. The first-order chi connectivity index (χ1) is 10.0. The Bertz CT molecular complexity index is 653. The van der Waals surface area contributed by atoms with Crippen molar-refractivity contribution in [1.29, 1.82) is 0 Å². The summed E-state index contributed by atoms with van der Waals surface area (Å²) < 4.78 is 0. The molecule has 2 atom stereocenters. The molecular formula is C18H20ClNO. The van der Waals surface area contributed by atoms with Gasteiger partial charge in [-0.3, -0.25) is 0 Å². The predicted molar refractivity (Wildman–Crippen MR) is 87.2 cm³/mol. The van der Waals surface area contributed by atoms with Crippen molar-refractivity contribution in [2.45, 2.75) is 24.8 Å². The third-order valence-corrected chi connectivity index (χ3v) is 4.68. The van der Waals surface area contributed by atoms with Crippen molar-refractivity contribution < 1.29 is 5.11 Å². The second-order valence-corrected chi connectivity index (χ2v) is 6.48. The van der Waals surface area contributed by atoms with Crippen LogP contribution in [0.1, 0.15) is 29.0 Å². The summed E-state index contributed by atoms with van der Waals surface area (Å²) in [6.07, 6.45) is 2.07. The van der Waals surface area contributed by atoms with Crippen molar-refractivity contribution in [1.82, 2.24) is 4.90 Å². The Morgan fingerprint density at radius 3 is 2.67 bits per heavy atom. The van der Waals surface area contributed by atoms with Gasteiger partial charge in [0.15, 0.2) is 0 Å². The smallest absolute Gasteiger partial charge is 0.115 e. The van der Waals surface area contributed by atoms with Crippen molar-refractivity contribution in [3.8, 4) is 5.75 Å². The SMILES string of the molecule is CN(C)[C@@H]1Cc2ccc(O)cc2[C@@H](c2cccc(Cl)c2)C1. The van der Waals surface area contributed by atoms with Gasteiger partial charge in [0, 0.05) is 17.0 Å². The zero-order valence-electron chi connectivity index (χ0n) is 12.4. The van der Waals surface area contributed by atoms with E-state index in [2.05, 4.69) is 31.1 Å². The molecule has 1 aliphatic carbocycles. The zero-order valence-corrected chi connectivity index (χ0v) is 13.1. The molecule has 0 amide bonds. The van der Waals surface area contributed by atoms with Crippen LogP contribution in [0.3, 0.4) is 0 Å². The summed E-state index contributed by atoms with van der Waals surface area (Å²) in [5.74, 6) is 0.621. The molecule has 21 heavy (non-hydrogen) atoms. The first kappa shape index (κ1) is 14.4. The highest BCUT2D eigenvalue weighted by Gasteiger charge is 2.29. The minimum absolute atomic E-state index is 0.284. The molecule has 0 fully saturated rings. The van der Waals surface area contributed by atoms with Crippen LogP contribution in [0.2, 0.25) is 5.02 Å². The number of phenols is 1. The lowest BCUT2D eigenvalue weighted by molar-refractivity contribution is 0.258. The van der Waals surface area contributed by atoms with Gasteiger partial charge in [-0.25, -0.2) is 0 Å². The molecule has 2 aromatic carbocycles. The predicted octanol–water partition coefficient (Wildman–Crippen LogP) is 4.05. The van der Waals surface area contributed by atoms with Crippen LogP contribution in [-0.4, -0.2) is 30.1 Å². The summed E-state index contributed by atoms with van der Waals surface area (Å²) in [7, 11) is 4.26. The molecule has 2 aromatic rings.